The number of rotatable bonds is 5. The monoisotopic (exact) mass is 215 g/mol. The zero-order chi connectivity index (χ0) is 11.2. The predicted octanol–water partition coefficient (Wildman–Crippen LogP) is 2.97. The van der Waals surface area contributed by atoms with Crippen molar-refractivity contribution >= 4 is 5.69 Å². The minimum Gasteiger partial charge on any atom is -0.379 e. The highest BCUT2D eigenvalue weighted by atomic mass is 14.9. The molecule has 84 valence electrons. The van der Waals surface area contributed by atoms with Crippen LogP contribution >= 0.6 is 0 Å². The summed E-state index contributed by atoms with van der Waals surface area (Å²) in [5.41, 5.74) is 3.70. The van der Waals surface area contributed by atoms with Crippen molar-refractivity contribution in [1.29, 1.82) is 0 Å². The number of hydrogen-bond donors (Lipinski definition) is 2. The molecule has 0 saturated heterocycles. The molecule has 0 spiro atoms. The van der Waals surface area contributed by atoms with Crippen LogP contribution in [-0.4, -0.2) is 9.97 Å². The van der Waals surface area contributed by atoms with E-state index < -0.39 is 0 Å². The van der Waals surface area contributed by atoms with E-state index in [1.54, 1.807) is 6.33 Å². The molecule has 0 amide bonds. The number of aryl methyl sites for hydroxylation is 1. The van der Waals surface area contributed by atoms with Gasteiger partial charge in [0.05, 0.1) is 18.6 Å². The summed E-state index contributed by atoms with van der Waals surface area (Å²) >= 11 is 0. The summed E-state index contributed by atoms with van der Waals surface area (Å²) in [6.07, 6.45) is 5.83. The van der Waals surface area contributed by atoms with Crippen LogP contribution in [0.2, 0.25) is 0 Å². The number of aromatic nitrogens is 2. The van der Waals surface area contributed by atoms with Gasteiger partial charge < -0.3 is 10.3 Å². The molecule has 1 aromatic heterocycles. The minimum absolute atomic E-state index is 0.792. The molecule has 0 fully saturated rings. The summed E-state index contributed by atoms with van der Waals surface area (Å²) < 4.78 is 0. The second-order valence-corrected chi connectivity index (χ2v) is 3.84. The standard InChI is InChI=1S/C13H17N3/c1-2-5-11-6-3-4-7-13(11)15-9-12-8-14-10-16-12/h3-4,6-8,10,15H,2,5,9H2,1H3,(H,14,16). The average molecular weight is 215 g/mol. The van der Waals surface area contributed by atoms with Gasteiger partial charge in [0.15, 0.2) is 0 Å². The molecule has 16 heavy (non-hydrogen) atoms. The van der Waals surface area contributed by atoms with Crippen LogP contribution in [0.15, 0.2) is 36.8 Å². The van der Waals surface area contributed by atoms with Gasteiger partial charge in [0.25, 0.3) is 0 Å². The topological polar surface area (TPSA) is 40.7 Å². The van der Waals surface area contributed by atoms with Crippen LogP contribution in [0.5, 0.6) is 0 Å². The number of imidazole rings is 1. The number of benzene rings is 1. The Balaban J connectivity index is 2.03. The lowest BCUT2D eigenvalue weighted by Crippen LogP contribution is -2.02. The van der Waals surface area contributed by atoms with Crippen LogP contribution in [0.25, 0.3) is 0 Å². The molecule has 1 heterocycles. The van der Waals surface area contributed by atoms with E-state index in [-0.39, 0.29) is 0 Å². The molecule has 0 saturated carbocycles. The quantitative estimate of drug-likeness (QED) is 0.805. The maximum atomic E-state index is 4.00. The second-order valence-electron chi connectivity index (χ2n) is 3.84. The van der Waals surface area contributed by atoms with Crippen molar-refractivity contribution in [3.8, 4) is 0 Å². The van der Waals surface area contributed by atoms with Gasteiger partial charge in [0.1, 0.15) is 0 Å². The number of nitrogens with zero attached hydrogens (tertiary/aromatic N) is 1. The van der Waals surface area contributed by atoms with Crippen LogP contribution in [0.4, 0.5) is 5.69 Å². The number of anilines is 1. The van der Waals surface area contributed by atoms with E-state index in [2.05, 4.69) is 46.5 Å². The Kier molecular flexibility index (Phi) is 3.59. The van der Waals surface area contributed by atoms with Gasteiger partial charge in [-0.05, 0) is 18.1 Å². The van der Waals surface area contributed by atoms with Crippen molar-refractivity contribution in [3.63, 3.8) is 0 Å². The largest absolute Gasteiger partial charge is 0.379 e. The number of aromatic amines is 1. The molecule has 0 unspecified atom stereocenters. The van der Waals surface area contributed by atoms with E-state index in [1.807, 2.05) is 6.20 Å². The Labute approximate surface area is 95.9 Å². The smallest absolute Gasteiger partial charge is 0.0922 e. The van der Waals surface area contributed by atoms with Gasteiger partial charge in [0, 0.05) is 11.9 Å². The fraction of sp³-hybridized carbons (Fsp3) is 0.308. The van der Waals surface area contributed by atoms with E-state index in [9.17, 15) is 0 Å². The summed E-state index contributed by atoms with van der Waals surface area (Å²) in [6.45, 7) is 2.99. The molecule has 0 atom stereocenters. The van der Waals surface area contributed by atoms with Crippen molar-refractivity contribution in [2.75, 3.05) is 5.32 Å². The third-order valence-electron chi connectivity index (χ3n) is 2.56. The Bertz CT molecular complexity index is 421. The molecule has 1 aromatic carbocycles. The SMILES string of the molecule is CCCc1ccccc1NCc1cnc[nH]1. The van der Waals surface area contributed by atoms with Crippen LogP contribution in [0.3, 0.4) is 0 Å². The zero-order valence-electron chi connectivity index (χ0n) is 9.53. The first kappa shape index (κ1) is 10.7. The first-order valence-electron chi connectivity index (χ1n) is 5.69. The first-order chi connectivity index (χ1) is 7.90. The fourth-order valence-electron chi connectivity index (χ4n) is 1.75. The number of para-hydroxylation sites is 1. The highest BCUT2D eigenvalue weighted by molar-refractivity contribution is 5.51. The van der Waals surface area contributed by atoms with Gasteiger partial charge in [-0.25, -0.2) is 4.98 Å². The Morgan fingerprint density at radius 1 is 1.31 bits per heavy atom. The average Bonchev–Trinajstić information content (AvgIpc) is 2.81. The van der Waals surface area contributed by atoms with E-state index in [1.165, 1.54) is 17.7 Å². The lowest BCUT2D eigenvalue weighted by molar-refractivity contribution is 0.918. The van der Waals surface area contributed by atoms with Crippen LogP contribution in [0.1, 0.15) is 24.6 Å². The molecule has 3 heteroatoms. The first-order valence-corrected chi connectivity index (χ1v) is 5.69. The van der Waals surface area contributed by atoms with Gasteiger partial charge >= 0.3 is 0 Å². The molecule has 0 aliphatic heterocycles. The van der Waals surface area contributed by atoms with Crippen molar-refractivity contribution < 1.29 is 0 Å². The van der Waals surface area contributed by atoms with E-state index in [0.717, 1.165) is 18.7 Å². The molecule has 2 aromatic rings. The van der Waals surface area contributed by atoms with Crippen LogP contribution in [0, 0.1) is 0 Å². The van der Waals surface area contributed by atoms with Crippen molar-refractivity contribution in [1.82, 2.24) is 9.97 Å². The molecule has 0 aliphatic rings. The molecule has 2 rings (SSSR count). The highest BCUT2D eigenvalue weighted by Crippen LogP contribution is 2.17. The maximum Gasteiger partial charge on any atom is 0.0922 e. The fourth-order valence-corrected chi connectivity index (χ4v) is 1.75. The highest BCUT2D eigenvalue weighted by Gasteiger charge is 2.00. The Morgan fingerprint density at radius 2 is 2.19 bits per heavy atom. The summed E-state index contributed by atoms with van der Waals surface area (Å²) in [5, 5.41) is 3.43. The third kappa shape index (κ3) is 2.63. The van der Waals surface area contributed by atoms with Crippen molar-refractivity contribution in [3.05, 3.63) is 48.0 Å². The summed E-state index contributed by atoms with van der Waals surface area (Å²) in [6, 6.07) is 8.46. The lowest BCUT2D eigenvalue weighted by atomic mass is 10.1. The molecular formula is C13H17N3. The molecule has 0 aliphatic carbocycles. The minimum atomic E-state index is 0.792. The van der Waals surface area contributed by atoms with E-state index in [4.69, 9.17) is 0 Å². The molecule has 2 N–H and O–H groups in total. The van der Waals surface area contributed by atoms with Gasteiger partial charge in [-0.15, -0.1) is 0 Å². The molecular weight excluding hydrogens is 198 g/mol. The predicted molar refractivity (Wildman–Crippen MR) is 66.4 cm³/mol. The second kappa shape index (κ2) is 5.35. The van der Waals surface area contributed by atoms with Crippen molar-refractivity contribution in [2.45, 2.75) is 26.3 Å². The zero-order valence-corrected chi connectivity index (χ0v) is 9.53. The summed E-state index contributed by atoms with van der Waals surface area (Å²) in [4.78, 5) is 7.08. The molecule has 0 radical (unpaired) electrons. The normalized spacial score (nSPS) is 10.3. The van der Waals surface area contributed by atoms with Gasteiger partial charge in [-0.1, -0.05) is 31.5 Å². The van der Waals surface area contributed by atoms with Gasteiger partial charge in [-0.3, -0.25) is 0 Å². The van der Waals surface area contributed by atoms with Gasteiger partial charge in [-0.2, -0.15) is 0 Å². The Morgan fingerprint density at radius 3 is 2.94 bits per heavy atom. The number of H-pyrrole nitrogens is 1. The van der Waals surface area contributed by atoms with Crippen LogP contribution in [-0.2, 0) is 13.0 Å². The van der Waals surface area contributed by atoms with E-state index in [0.29, 0.717) is 0 Å². The van der Waals surface area contributed by atoms with Crippen LogP contribution < -0.4 is 5.32 Å². The Hall–Kier alpha value is -1.77. The number of nitrogens with one attached hydrogen (secondary N) is 2. The number of hydrogen-bond acceptors (Lipinski definition) is 2. The molecule has 0 bridgehead atoms. The lowest BCUT2D eigenvalue weighted by Gasteiger charge is -2.10. The summed E-state index contributed by atoms with van der Waals surface area (Å²) in [5.74, 6) is 0. The maximum absolute atomic E-state index is 4.00. The van der Waals surface area contributed by atoms with Gasteiger partial charge in [0.2, 0.25) is 0 Å². The summed E-state index contributed by atoms with van der Waals surface area (Å²) in [7, 11) is 0. The molecule has 3 nitrogen and oxygen atoms in total. The van der Waals surface area contributed by atoms with E-state index >= 15 is 0 Å². The third-order valence-corrected chi connectivity index (χ3v) is 2.56. The van der Waals surface area contributed by atoms with Crippen molar-refractivity contribution in [2.24, 2.45) is 0 Å².